The third kappa shape index (κ3) is 2.30. The molecular formula is C20H23N. The van der Waals surface area contributed by atoms with Crippen LogP contribution in [0.5, 0.6) is 0 Å². The van der Waals surface area contributed by atoms with Crippen molar-refractivity contribution in [2.45, 2.75) is 50.5 Å². The first kappa shape index (κ1) is 13.1. The maximum absolute atomic E-state index is 6.63. The van der Waals surface area contributed by atoms with Crippen LogP contribution in [0.2, 0.25) is 0 Å². The highest BCUT2D eigenvalue weighted by atomic mass is 14.6. The van der Waals surface area contributed by atoms with E-state index < -0.39 is 0 Å². The van der Waals surface area contributed by atoms with Crippen LogP contribution in [-0.2, 0) is 12.8 Å². The first-order valence-corrected chi connectivity index (χ1v) is 8.29. The van der Waals surface area contributed by atoms with Crippen LogP contribution in [0.15, 0.2) is 42.5 Å². The first-order chi connectivity index (χ1) is 10.3. The molecule has 4 rings (SSSR count). The molecule has 0 aliphatic heterocycles. The fourth-order valence-electron chi connectivity index (χ4n) is 3.85. The minimum atomic E-state index is 0.0210. The van der Waals surface area contributed by atoms with Gasteiger partial charge in [0.2, 0.25) is 0 Å². The number of rotatable bonds is 3. The molecule has 1 nitrogen and oxygen atoms in total. The van der Waals surface area contributed by atoms with Crippen LogP contribution in [0.4, 0.5) is 0 Å². The summed E-state index contributed by atoms with van der Waals surface area (Å²) in [4.78, 5) is 0. The summed E-state index contributed by atoms with van der Waals surface area (Å²) in [5, 5.41) is 0. The van der Waals surface area contributed by atoms with Crippen LogP contribution in [-0.4, -0.2) is 0 Å². The van der Waals surface area contributed by atoms with Crippen LogP contribution in [0.25, 0.3) is 0 Å². The van der Waals surface area contributed by atoms with Crippen molar-refractivity contribution >= 4 is 0 Å². The summed E-state index contributed by atoms with van der Waals surface area (Å²) in [5.41, 5.74) is 13.8. The number of aryl methyl sites for hydroxylation is 2. The van der Waals surface area contributed by atoms with Gasteiger partial charge >= 0.3 is 0 Å². The summed E-state index contributed by atoms with van der Waals surface area (Å²) in [6.45, 7) is 0. The summed E-state index contributed by atoms with van der Waals surface area (Å²) in [5.74, 6) is 0.738. The molecule has 0 spiro atoms. The highest BCUT2D eigenvalue weighted by Crippen LogP contribution is 2.40. The first-order valence-electron chi connectivity index (χ1n) is 8.29. The van der Waals surface area contributed by atoms with Crippen molar-refractivity contribution in [1.82, 2.24) is 0 Å². The van der Waals surface area contributed by atoms with Gasteiger partial charge in [0.05, 0.1) is 6.04 Å². The molecule has 1 unspecified atom stereocenters. The van der Waals surface area contributed by atoms with E-state index in [4.69, 9.17) is 5.73 Å². The molecule has 0 bridgehead atoms. The van der Waals surface area contributed by atoms with Crippen molar-refractivity contribution in [1.29, 1.82) is 0 Å². The van der Waals surface area contributed by atoms with Crippen molar-refractivity contribution in [3.8, 4) is 0 Å². The van der Waals surface area contributed by atoms with Gasteiger partial charge in [0.15, 0.2) is 0 Å². The summed E-state index contributed by atoms with van der Waals surface area (Å²) < 4.78 is 0. The normalized spacial score (nSPS) is 19.1. The Kier molecular flexibility index (Phi) is 3.31. The largest absolute Gasteiger partial charge is 0.320 e. The zero-order chi connectivity index (χ0) is 14.2. The van der Waals surface area contributed by atoms with Gasteiger partial charge in [0.1, 0.15) is 0 Å². The van der Waals surface area contributed by atoms with Gasteiger partial charge in [-0.05, 0) is 65.8 Å². The predicted octanol–water partition coefficient (Wildman–Crippen LogP) is 4.49. The Balaban J connectivity index is 1.69. The fraction of sp³-hybridized carbons (Fsp3) is 0.400. The fourth-order valence-corrected chi connectivity index (χ4v) is 3.85. The molecule has 0 heterocycles. The van der Waals surface area contributed by atoms with E-state index in [-0.39, 0.29) is 6.04 Å². The third-order valence-electron chi connectivity index (χ3n) is 5.36. The van der Waals surface area contributed by atoms with Gasteiger partial charge < -0.3 is 5.73 Å². The number of hydrogen-bond donors (Lipinski definition) is 1. The standard InChI is InChI=1S/C20H23N/c21-20(17-12-11-14-5-3-8-16(14)13-17)19-10-2-1-9-18(19)15-6-4-7-15/h1-2,9-13,15,20H,3-8,21H2. The molecule has 2 aliphatic carbocycles. The summed E-state index contributed by atoms with van der Waals surface area (Å²) in [6, 6.07) is 15.7. The second kappa shape index (κ2) is 5.31. The summed E-state index contributed by atoms with van der Waals surface area (Å²) >= 11 is 0. The molecule has 0 radical (unpaired) electrons. The lowest BCUT2D eigenvalue weighted by Crippen LogP contribution is -2.18. The van der Waals surface area contributed by atoms with Crippen molar-refractivity contribution in [2.24, 2.45) is 5.73 Å². The van der Waals surface area contributed by atoms with E-state index in [9.17, 15) is 0 Å². The molecule has 2 aromatic rings. The smallest absolute Gasteiger partial charge is 0.0554 e. The average Bonchev–Trinajstić information content (AvgIpc) is 2.92. The van der Waals surface area contributed by atoms with E-state index in [1.54, 1.807) is 0 Å². The Labute approximate surface area is 127 Å². The number of fused-ring (bicyclic) bond motifs is 1. The van der Waals surface area contributed by atoms with Gasteiger partial charge in [-0.3, -0.25) is 0 Å². The van der Waals surface area contributed by atoms with Crippen LogP contribution < -0.4 is 5.73 Å². The molecule has 0 saturated heterocycles. The number of nitrogens with two attached hydrogens (primary N) is 1. The second-order valence-corrected chi connectivity index (χ2v) is 6.62. The Hall–Kier alpha value is -1.60. The SMILES string of the molecule is NC(c1ccc2c(c1)CCC2)c1ccccc1C1CCC1. The molecule has 1 heteroatoms. The van der Waals surface area contributed by atoms with Crippen molar-refractivity contribution in [3.63, 3.8) is 0 Å². The van der Waals surface area contributed by atoms with Crippen molar-refractivity contribution in [3.05, 3.63) is 70.3 Å². The molecule has 0 amide bonds. The molecule has 108 valence electrons. The zero-order valence-electron chi connectivity index (χ0n) is 12.5. The minimum absolute atomic E-state index is 0.0210. The van der Waals surface area contributed by atoms with E-state index in [1.807, 2.05) is 0 Å². The minimum Gasteiger partial charge on any atom is -0.320 e. The Morgan fingerprint density at radius 3 is 2.52 bits per heavy atom. The van der Waals surface area contributed by atoms with Gasteiger partial charge in [0.25, 0.3) is 0 Å². The lowest BCUT2D eigenvalue weighted by atomic mass is 9.76. The summed E-state index contributed by atoms with van der Waals surface area (Å²) in [6.07, 6.45) is 7.78. The zero-order valence-corrected chi connectivity index (χ0v) is 12.5. The van der Waals surface area contributed by atoms with Crippen LogP contribution in [0, 0.1) is 0 Å². The van der Waals surface area contributed by atoms with E-state index in [0.29, 0.717) is 0 Å². The molecule has 2 aromatic carbocycles. The topological polar surface area (TPSA) is 26.0 Å². The summed E-state index contributed by atoms with van der Waals surface area (Å²) in [7, 11) is 0. The number of hydrogen-bond acceptors (Lipinski definition) is 1. The van der Waals surface area contributed by atoms with Gasteiger partial charge in [0, 0.05) is 0 Å². The molecule has 1 fully saturated rings. The highest BCUT2D eigenvalue weighted by molar-refractivity contribution is 5.43. The number of benzene rings is 2. The molecule has 1 atom stereocenters. The van der Waals surface area contributed by atoms with Crippen molar-refractivity contribution in [2.75, 3.05) is 0 Å². The molecule has 2 aliphatic rings. The lowest BCUT2D eigenvalue weighted by molar-refractivity contribution is 0.416. The van der Waals surface area contributed by atoms with Gasteiger partial charge in [-0.2, -0.15) is 0 Å². The maximum Gasteiger partial charge on any atom is 0.0554 e. The molecule has 0 aromatic heterocycles. The molecular weight excluding hydrogens is 254 g/mol. The Bertz CT molecular complexity index is 655. The van der Waals surface area contributed by atoms with E-state index >= 15 is 0 Å². The third-order valence-corrected chi connectivity index (χ3v) is 5.36. The predicted molar refractivity (Wildman–Crippen MR) is 87.5 cm³/mol. The van der Waals surface area contributed by atoms with Crippen LogP contribution in [0.1, 0.15) is 65.5 Å². The van der Waals surface area contributed by atoms with E-state index in [2.05, 4.69) is 42.5 Å². The van der Waals surface area contributed by atoms with Gasteiger partial charge in [-0.1, -0.05) is 48.9 Å². The van der Waals surface area contributed by atoms with Gasteiger partial charge in [-0.25, -0.2) is 0 Å². The Morgan fingerprint density at radius 1 is 0.905 bits per heavy atom. The average molecular weight is 277 g/mol. The van der Waals surface area contributed by atoms with Crippen LogP contribution in [0.3, 0.4) is 0 Å². The van der Waals surface area contributed by atoms with E-state index in [0.717, 1.165) is 5.92 Å². The maximum atomic E-state index is 6.63. The second-order valence-electron chi connectivity index (χ2n) is 6.62. The molecule has 21 heavy (non-hydrogen) atoms. The quantitative estimate of drug-likeness (QED) is 0.879. The molecule has 2 N–H and O–H groups in total. The Morgan fingerprint density at radius 2 is 1.71 bits per heavy atom. The molecule has 1 saturated carbocycles. The van der Waals surface area contributed by atoms with Crippen LogP contribution >= 0.6 is 0 Å². The monoisotopic (exact) mass is 277 g/mol. The highest BCUT2D eigenvalue weighted by Gasteiger charge is 2.24. The lowest BCUT2D eigenvalue weighted by Gasteiger charge is -2.29. The van der Waals surface area contributed by atoms with Crippen molar-refractivity contribution < 1.29 is 0 Å². The van der Waals surface area contributed by atoms with E-state index in [1.165, 1.54) is 66.3 Å². The van der Waals surface area contributed by atoms with Gasteiger partial charge in [-0.15, -0.1) is 0 Å².